The molecule has 126 valence electrons. The lowest BCUT2D eigenvalue weighted by atomic mass is 10.1. The van der Waals surface area contributed by atoms with E-state index in [1.54, 1.807) is 37.4 Å². The molecule has 0 spiro atoms. The molecule has 0 aliphatic heterocycles. The summed E-state index contributed by atoms with van der Waals surface area (Å²) in [4.78, 5) is 12.6. The molecule has 0 saturated carbocycles. The average Bonchev–Trinajstić information content (AvgIpc) is 2.64. The Hall–Kier alpha value is -3.34. The third-order valence-electron chi connectivity index (χ3n) is 3.63. The Morgan fingerprint density at radius 3 is 2.32 bits per heavy atom. The van der Waals surface area contributed by atoms with E-state index in [0.29, 0.717) is 17.1 Å². The van der Waals surface area contributed by atoms with Gasteiger partial charge in [0.2, 0.25) is 0 Å². The first-order valence-electron chi connectivity index (χ1n) is 7.73. The van der Waals surface area contributed by atoms with Gasteiger partial charge in [0.15, 0.2) is 0 Å². The summed E-state index contributed by atoms with van der Waals surface area (Å²) in [6, 6.07) is 20.4. The van der Waals surface area contributed by atoms with Crippen molar-refractivity contribution in [2.45, 2.75) is 0 Å². The first-order chi connectivity index (χ1) is 12.2. The highest BCUT2D eigenvalue weighted by Crippen LogP contribution is 2.23. The van der Waals surface area contributed by atoms with Gasteiger partial charge in [0.1, 0.15) is 11.6 Å². The number of rotatable bonds is 5. The molecule has 3 aromatic rings. The maximum atomic E-state index is 13.7. The highest BCUT2D eigenvalue weighted by Gasteiger charge is 2.13. The predicted octanol–water partition coefficient (Wildman–Crippen LogP) is 4.83. The SMILES string of the molecule is COc1ccc(NC(=O)c2cc(F)ccc2Nc2ccccc2)cc1. The van der Waals surface area contributed by atoms with Gasteiger partial charge in [0.05, 0.1) is 18.4 Å². The number of benzene rings is 3. The van der Waals surface area contributed by atoms with Gasteiger partial charge in [-0.15, -0.1) is 0 Å². The number of hydrogen-bond acceptors (Lipinski definition) is 3. The van der Waals surface area contributed by atoms with Crippen LogP contribution >= 0.6 is 0 Å². The number of carbonyl (C=O) groups excluding carboxylic acids is 1. The van der Waals surface area contributed by atoms with Gasteiger partial charge in [-0.3, -0.25) is 4.79 Å². The molecule has 4 nitrogen and oxygen atoms in total. The lowest BCUT2D eigenvalue weighted by molar-refractivity contribution is 0.102. The predicted molar refractivity (Wildman–Crippen MR) is 97.1 cm³/mol. The zero-order valence-corrected chi connectivity index (χ0v) is 13.6. The molecular weight excluding hydrogens is 319 g/mol. The lowest BCUT2D eigenvalue weighted by Gasteiger charge is -2.13. The second-order valence-corrected chi connectivity index (χ2v) is 5.36. The smallest absolute Gasteiger partial charge is 0.257 e. The van der Waals surface area contributed by atoms with E-state index in [1.807, 2.05) is 30.3 Å². The number of amides is 1. The summed E-state index contributed by atoms with van der Waals surface area (Å²) in [6.45, 7) is 0. The van der Waals surface area contributed by atoms with Crippen LogP contribution in [0.5, 0.6) is 5.75 Å². The molecule has 0 saturated heterocycles. The van der Waals surface area contributed by atoms with Crippen molar-refractivity contribution in [1.29, 1.82) is 0 Å². The van der Waals surface area contributed by atoms with Crippen molar-refractivity contribution >= 4 is 23.0 Å². The molecule has 2 N–H and O–H groups in total. The quantitative estimate of drug-likeness (QED) is 0.701. The number of carbonyl (C=O) groups is 1. The van der Waals surface area contributed by atoms with E-state index in [2.05, 4.69) is 10.6 Å². The van der Waals surface area contributed by atoms with Crippen LogP contribution in [0.2, 0.25) is 0 Å². The molecule has 0 aliphatic carbocycles. The molecule has 5 heteroatoms. The van der Waals surface area contributed by atoms with Crippen molar-refractivity contribution in [2.75, 3.05) is 17.7 Å². The minimum atomic E-state index is -0.474. The Balaban J connectivity index is 1.84. The zero-order chi connectivity index (χ0) is 17.6. The third kappa shape index (κ3) is 4.14. The maximum absolute atomic E-state index is 13.7. The molecule has 3 aromatic carbocycles. The van der Waals surface area contributed by atoms with E-state index in [1.165, 1.54) is 12.1 Å². The lowest BCUT2D eigenvalue weighted by Crippen LogP contribution is -2.14. The second-order valence-electron chi connectivity index (χ2n) is 5.36. The van der Waals surface area contributed by atoms with Gasteiger partial charge < -0.3 is 15.4 Å². The number of methoxy groups -OCH3 is 1. The molecule has 0 aliphatic rings. The Kier molecular flexibility index (Phi) is 4.95. The molecule has 25 heavy (non-hydrogen) atoms. The van der Waals surface area contributed by atoms with Crippen molar-refractivity contribution in [3.8, 4) is 5.75 Å². The van der Waals surface area contributed by atoms with Gasteiger partial charge in [-0.2, -0.15) is 0 Å². The molecule has 0 atom stereocenters. The second kappa shape index (κ2) is 7.49. The summed E-state index contributed by atoms with van der Waals surface area (Å²) < 4.78 is 18.7. The number of nitrogens with one attached hydrogen (secondary N) is 2. The maximum Gasteiger partial charge on any atom is 0.257 e. The van der Waals surface area contributed by atoms with Crippen LogP contribution < -0.4 is 15.4 Å². The first-order valence-corrected chi connectivity index (χ1v) is 7.73. The number of para-hydroxylation sites is 1. The van der Waals surface area contributed by atoms with Crippen LogP contribution in [0.4, 0.5) is 21.5 Å². The largest absolute Gasteiger partial charge is 0.497 e. The molecule has 0 unspecified atom stereocenters. The summed E-state index contributed by atoms with van der Waals surface area (Å²) in [6.07, 6.45) is 0. The topological polar surface area (TPSA) is 50.4 Å². The van der Waals surface area contributed by atoms with Gasteiger partial charge >= 0.3 is 0 Å². The molecule has 3 rings (SSSR count). The van der Waals surface area contributed by atoms with Crippen molar-refractivity contribution in [2.24, 2.45) is 0 Å². The van der Waals surface area contributed by atoms with Crippen LogP contribution in [-0.2, 0) is 0 Å². The van der Waals surface area contributed by atoms with E-state index in [-0.39, 0.29) is 5.56 Å². The monoisotopic (exact) mass is 336 g/mol. The van der Waals surface area contributed by atoms with Gasteiger partial charge in [0.25, 0.3) is 5.91 Å². The summed E-state index contributed by atoms with van der Waals surface area (Å²) in [5, 5.41) is 5.90. The van der Waals surface area contributed by atoms with E-state index < -0.39 is 11.7 Å². The molecule has 0 fully saturated rings. The van der Waals surface area contributed by atoms with Crippen molar-refractivity contribution in [3.05, 3.63) is 84.2 Å². The minimum Gasteiger partial charge on any atom is -0.497 e. The van der Waals surface area contributed by atoms with Crippen molar-refractivity contribution in [3.63, 3.8) is 0 Å². The van der Waals surface area contributed by atoms with Crippen LogP contribution in [-0.4, -0.2) is 13.0 Å². The molecule has 0 heterocycles. The van der Waals surface area contributed by atoms with Crippen molar-refractivity contribution in [1.82, 2.24) is 0 Å². The Labute approximate surface area is 145 Å². The highest BCUT2D eigenvalue weighted by atomic mass is 19.1. The van der Waals surface area contributed by atoms with E-state index in [0.717, 1.165) is 5.69 Å². The van der Waals surface area contributed by atoms with Crippen LogP contribution in [0.1, 0.15) is 10.4 Å². The number of ether oxygens (including phenoxy) is 1. The Morgan fingerprint density at radius 2 is 1.64 bits per heavy atom. The van der Waals surface area contributed by atoms with Crippen LogP contribution in [0.15, 0.2) is 72.8 Å². The van der Waals surface area contributed by atoms with E-state index in [4.69, 9.17) is 4.74 Å². The number of halogens is 1. The fourth-order valence-electron chi connectivity index (χ4n) is 2.36. The first kappa shape index (κ1) is 16.5. The normalized spacial score (nSPS) is 10.2. The van der Waals surface area contributed by atoms with Gasteiger partial charge in [0, 0.05) is 11.4 Å². The number of anilines is 3. The summed E-state index contributed by atoms with van der Waals surface area (Å²) in [5.41, 5.74) is 2.16. The molecule has 0 bridgehead atoms. The Morgan fingerprint density at radius 1 is 0.920 bits per heavy atom. The van der Waals surface area contributed by atoms with Gasteiger partial charge in [-0.25, -0.2) is 4.39 Å². The van der Waals surface area contributed by atoms with Crippen molar-refractivity contribution < 1.29 is 13.9 Å². The van der Waals surface area contributed by atoms with Crippen LogP contribution in [0.3, 0.4) is 0 Å². The molecule has 1 amide bonds. The summed E-state index contributed by atoms with van der Waals surface area (Å²) in [7, 11) is 1.57. The Bertz CT molecular complexity index is 865. The van der Waals surface area contributed by atoms with Crippen LogP contribution in [0, 0.1) is 5.82 Å². The third-order valence-corrected chi connectivity index (χ3v) is 3.63. The van der Waals surface area contributed by atoms with Gasteiger partial charge in [-0.1, -0.05) is 18.2 Å². The fourth-order valence-corrected chi connectivity index (χ4v) is 2.36. The van der Waals surface area contributed by atoms with Crippen LogP contribution in [0.25, 0.3) is 0 Å². The van der Waals surface area contributed by atoms with E-state index >= 15 is 0 Å². The summed E-state index contributed by atoms with van der Waals surface area (Å²) >= 11 is 0. The standard InChI is InChI=1S/C20H17FN2O2/c1-25-17-10-8-16(9-11-17)23-20(24)18-13-14(21)7-12-19(18)22-15-5-3-2-4-6-15/h2-13,22H,1H3,(H,23,24). The molecular formula is C20H17FN2O2. The average molecular weight is 336 g/mol. The minimum absolute atomic E-state index is 0.222. The molecule has 0 radical (unpaired) electrons. The van der Waals surface area contributed by atoms with Gasteiger partial charge in [-0.05, 0) is 54.6 Å². The highest BCUT2D eigenvalue weighted by molar-refractivity contribution is 6.08. The summed E-state index contributed by atoms with van der Waals surface area (Å²) in [5.74, 6) is -0.184. The fraction of sp³-hybridized carbons (Fsp3) is 0.0500. The molecule has 0 aromatic heterocycles. The van der Waals surface area contributed by atoms with E-state index in [9.17, 15) is 9.18 Å². The number of hydrogen-bond donors (Lipinski definition) is 2. The zero-order valence-electron chi connectivity index (χ0n) is 13.6.